The maximum atomic E-state index is 12.1. The van der Waals surface area contributed by atoms with Gasteiger partial charge in [0.2, 0.25) is 0 Å². The molecule has 0 saturated carbocycles. The second-order valence-corrected chi connectivity index (χ2v) is 8.36. The molecule has 0 radical (unpaired) electrons. The molecule has 0 aliphatic carbocycles. The van der Waals surface area contributed by atoms with Crippen molar-refractivity contribution in [2.24, 2.45) is 0 Å². The minimum absolute atomic E-state index is 0.161. The van der Waals surface area contributed by atoms with Crippen molar-refractivity contribution in [2.75, 3.05) is 11.5 Å². The predicted molar refractivity (Wildman–Crippen MR) is 99.2 cm³/mol. The minimum atomic E-state index is -0.182. The molecular formula is C19H20O2S2. The summed E-state index contributed by atoms with van der Waals surface area (Å²) in [5.74, 6) is 3.03. The lowest BCUT2D eigenvalue weighted by Crippen LogP contribution is -2.11. The van der Waals surface area contributed by atoms with Gasteiger partial charge in [-0.25, -0.2) is 0 Å². The van der Waals surface area contributed by atoms with Crippen molar-refractivity contribution in [1.82, 2.24) is 0 Å². The second kappa shape index (κ2) is 7.93. The van der Waals surface area contributed by atoms with E-state index in [1.165, 1.54) is 17.1 Å². The Morgan fingerprint density at radius 3 is 2.39 bits per heavy atom. The van der Waals surface area contributed by atoms with Crippen LogP contribution in [-0.4, -0.2) is 17.5 Å². The fraction of sp³-hybridized carbons (Fsp3) is 0.316. The molecule has 1 saturated heterocycles. The smallest absolute Gasteiger partial charge is 0.311 e. The molecule has 120 valence electrons. The molecule has 0 spiro atoms. The van der Waals surface area contributed by atoms with Crippen LogP contribution in [0.4, 0.5) is 0 Å². The normalized spacial score (nSPS) is 16.2. The number of carbonyl (C=O) groups excluding carboxylic acids is 1. The average Bonchev–Trinajstić information content (AvgIpc) is 3.11. The van der Waals surface area contributed by atoms with Gasteiger partial charge in [0, 0.05) is 11.5 Å². The average molecular weight is 345 g/mol. The highest BCUT2D eigenvalue weighted by atomic mass is 32.2. The highest BCUT2D eigenvalue weighted by Crippen LogP contribution is 2.45. The lowest BCUT2D eigenvalue weighted by atomic mass is 9.98. The molecule has 2 nitrogen and oxygen atoms in total. The molecule has 1 atom stereocenters. The molecule has 1 aliphatic heterocycles. The Hall–Kier alpha value is -1.39. The van der Waals surface area contributed by atoms with Crippen LogP contribution in [0.25, 0.3) is 0 Å². The van der Waals surface area contributed by atoms with Crippen molar-refractivity contribution in [1.29, 1.82) is 0 Å². The molecule has 1 fully saturated rings. The molecule has 0 aromatic heterocycles. The van der Waals surface area contributed by atoms with Crippen LogP contribution in [0.15, 0.2) is 54.6 Å². The fourth-order valence-corrected chi connectivity index (χ4v) is 5.43. The summed E-state index contributed by atoms with van der Waals surface area (Å²) in [6, 6.07) is 18.0. The lowest BCUT2D eigenvalue weighted by molar-refractivity contribution is -0.134. The molecule has 4 heteroatoms. The van der Waals surface area contributed by atoms with E-state index < -0.39 is 0 Å². The van der Waals surface area contributed by atoms with Crippen molar-refractivity contribution < 1.29 is 9.53 Å². The lowest BCUT2D eigenvalue weighted by Gasteiger charge is -2.12. The second-order valence-electron chi connectivity index (χ2n) is 5.63. The van der Waals surface area contributed by atoms with Crippen LogP contribution in [0.2, 0.25) is 0 Å². The van der Waals surface area contributed by atoms with E-state index in [0.29, 0.717) is 16.8 Å². The molecule has 1 unspecified atom stereocenters. The van der Waals surface area contributed by atoms with Gasteiger partial charge in [-0.1, -0.05) is 49.4 Å². The third kappa shape index (κ3) is 4.55. The zero-order chi connectivity index (χ0) is 16.1. The van der Waals surface area contributed by atoms with E-state index in [2.05, 4.69) is 12.1 Å². The van der Waals surface area contributed by atoms with E-state index in [0.717, 1.165) is 5.56 Å². The summed E-state index contributed by atoms with van der Waals surface area (Å²) < 4.78 is 6.00. The summed E-state index contributed by atoms with van der Waals surface area (Å²) in [6.07, 6.45) is 0.389. The Kier molecular flexibility index (Phi) is 5.68. The third-order valence-corrected chi connectivity index (χ3v) is 6.95. The largest absolute Gasteiger partial charge is 0.427 e. The first-order valence-corrected chi connectivity index (χ1v) is 9.91. The Bertz CT molecular complexity index is 634. The first-order valence-electron chi connectivity index (χ1n) is 7.81. The number of hydrogen-bond acceptors (Lipinski definition) is 4. The minimum Gasteiger partial charge on any atom is -0.427 e. The van der Waals surface area contributed by atoms with Gasteiger partial charge in [0.15, 0.2) is 0 Å². The van der Waals surface area contributed by atoms with Gasteiger partial charge in [-0.3, -0.25) is 4.79 Å². The highest BCUT2D eigenvalue weighted by Gasteiger charge is 2.18. The predicted octanol–water partition coefficient (Wildman–Crippen LogP) is 5.26. The summed E-state index contributed by atoms with van der Waals surface area (Å²) in [5, 5.41) is 0. The summed E-state index contributed by atoms with van der Waals surface area (Å²) in [7, 11) is 0. The van der Waals surface area contributed by atoms with Gasteiger partial charge in [-0.05, 0) is 29.2 Å². The van der Waals surface area contributed by atoms with Crippen LogP contribution in [-0.2, 0) is 4.79 Å². The monoisotopic (exact) mass is 344 g/mol. The number of ether oxygens (including phenoxy) is 1. The number of carbonyl (C=O) groups is 1. The SMILES string of the molecule is CC(CC(=O)Oc1ccc(C2SCCS2)cc1)c1ccccc1. The third-order valence-electron chi connectivity index (χ3n) is 3.85. The number of hydrogen-bond donors (Lipinski definition) is 0. The fourth-order valence-electron chi connectivity index (χ4n) is 2.57. The summed E-state index contributed by atoms with van der Waals surface area (Å²) >= 11 is 3.95. The summed E-state index contributed by atoms with van der Waals surface area (Å²) in [6.45, 7) is 2.05. The van der Waals surface area contributed by atoms with E-state index >= 15 is 0 Å². The molecular weight excluding hydrogens is 324 g/mol. The topological polar surface area (TPSA) is 26.3 Å². The van der Waals surface area contributed by atoms with E-state index in [1.807, 2.05) is 72.9 Å². The van der Waals surface area contributed by atoms with E-state index in [-0.39, 0.29) is 11.9 Å². The van der Waals surface area contributed by atoms with E-state index in [4.69, 9.17) is 4.74 Å². The van der Waals surface area contributed by atoms with Crippen LogP contribution in [0, 0.1) is 0 Å². The van der Waals surface area contributed by atoms with Crippen molar-refractivity contribution >= 4 is 29.5 Å². The van der Waals surface area contributed by atoms with Crippen LogP contribution in [0.3, 0.4) is 0 Å². The molecule has 2 aromatic rings. The van der Waals surface area contributed by atoms with Gasteiger partial charge >= 0.3 is 5.97 Å². The van der Waals surface area contributed by atoms with Gasteiger partial charge in [0.05, 0.1) is 11.0 Å². The van der Waals surface area contributed by atoms with Crippen molar-refractivity contribution in [3.63, 3.8) is 0 Å². The molecule has 0 amide bonds. The molecule has 0 N–H and O–H groups in total. The molecule has 2 aromatic carbocycles. The molecule has 1 heterocycles. The van der Waals surface area contributed by atoms with Crippen LogP contribution < -0.4 is 4.74 Å². The molecule has 0 bridgehead atoms. The summed E-state index contributed by atoms with van der Waals surface area (Å²) in [4.78, 5) is 12.1. The van der Waals surface area contributed by atoms with Crippen LogP contribution in [0.5, 0.6) is 5.75 Å². The first kappa shape index (κ1) is 16.5. The Morgan fingerprint density at radius 1 is 1.09 bits per heavy atom. The number of benzene rings is 2. The van der Waals surface area contributed by atoms with Gasteiger partial charge in [0.25, 0.3) is 0 Å². The quantitative estimate of drug-likeness (QED) is 0.545. The number of rotatable bonds is 5. The van der Waals surface area contributed by atoms with Gasteiger partial charge < -0.3 is 4.74 Å². The summed E-state index contributed by atoms with van der Waals surface area (Å²) in [5.41, 5.74) is 2.46. The maximum Gasteiger partial charge on any atom is 0.311 e. The van der Waals surface area contributed by atoms with E-state index in [1.54, 1.807) is 0 Å². The Labute approximate surface area is 146 Å². The zero-order valence-corrected chi connectivity index (χ0v) is 14.7. The van der Waals surface area contributed by atoms with Crippen molar-refractivity contribution in [3.05, 3.63) is 65.7 Å². The maximum absolute atomic E-state index is 12.1. The number of esters is 1. The molecule has 23 heavy (non-hydrogen) atoms. The van der Waals surface area contributed by atoms with Gasteiger partial charge in [-0.15, -0.1) is 23.5 Å². The molecule has 3 rings (SSSR count). The highest BCUT2D eigenvalue weighted by molar-refractivity contribution is 8.19. The van der Waals surface area contributed by atoms with Crippen LogP contribution in [0.1, 0.15) is 35.0 Å². The molecule has 1 aliphatic rings. The zero-order valence-electron chi connectivity index (χ0n) is 13.1. The van der Waals surface area contributed by atoms with Crippen molar-refractivity contribution in [3.8, 4) is 5.75 Å². The Morgan fingerprint density at radius 2 is 1.74 bits per heavy atom. The number of thioether (sulfide) groups is 2. The first-order chi connectivity index (χ1) is 11.2. The van der Waals surface area contributed by atoms with E-state index in [9.17, 15) is 4.79 Å². The van der Waals surface area contributed by atoms with Gasteiger partial charge in [-0.2, -0.15) is 0 Å². The Balaban J connectivity index is 1.55. The van der Waals surface area contributed by atoms with Crippen LogP contribution >= 0.6 is 23.5 Å². The van der Waals surface area contributed by atoms with Crippen molar-refractivity contribution in [2.45, 2.75) is 23.8 Å². The van der Waals surface area contributed by atoms with Gasteiger partial charge in [0.1, 0.15) is 5.75 Å². The standard InChI is InChI=1S/C19H20O2S2/c1-14(15-5-3-2-4-6-15)13-18(20)21-17-9-7-16(8-10-17)19-22-11-12-23-19/h2-10,14,19H,11-13H2,1H3.